The summed E-state index contributed by atoms with van der Waals surface area (Å²) in [5.74, 6) is -0.318. The van der Waals surface area contributed by atoms with Crippen LogP contribution >= 0.6 is 23.2 Å². The SMILES string of the molecule is COC(=O)c1ccc(CN2CCCc3cc(Cl)c(Cl)cc32)cc1. The molecule has 0 bridgehead atoms. The molecule has 3 nitrogen and oxygen atoms in total. The van der Waals surface area contributed by atoms with E-state index in [4.69, 9.17) is 27.9 Å². The molecule has 0 aromatic heterocycles. The maximum absolute atomic E-state index is 11.5. The number of carbonyl (C=O) groups is 1. The second kappa shape index (κ2) is 6.81. The summed E-state index contributed by atoms with van der Waals surface area (Å²) in [6.07, 6.45) is 2.11. The minimum atomic E-state index is -0.318. The molecule has 0 aliphatic carbocycles. The third-order valence-electron chi connectivity index (χ3n) is 4.08. The van der Waals surface area contributed by atoms with Crippen LogP contribution in [-0.4, -0.2) is 19.6 Å². The van der Waals surface area contributed by atoms with Gasteiger partial charge in [0, 0.05) is 18.8 Å². The van der Waals surface area contributed by atoms with Crippen molar-refractivity contribution >= 4 is 34.9 Å². The van der Waals surface area contributed by atoms with Gasteiger partial charge >= 0.3 is 5.97 Å². The molecule has 2 aromatic rings. The normalized spacial score (nSPS) is 13.6. The lowest BCUT2D eigenvalue weighted by Gasteiger charge is -2.32. The van der Waals surface area contributed by atoms with Crippen LogP contribution in [-0.2, 0) is 17.7 Å². The summed E-state index contributed by atoms with van der Waals surface area (Å²) in [5.41, 5.74) is 4.07. The van der Waals surface area contributed by atoms with Gasteiger partial charge in [-0.15, -0.1) is 0 Å². The predicted octanol–water partition coefficient (Wildman–Crippen LogP) is 4.73. The Balaban J connectivity index is 1.82. The molecule has 0 unspecified atom stereocenters. The summed E-state index contributed by atoms with van der Waals surface area (Å²) in [7, 11) is 1.38. The molecule has 0 saturated carbocycles. The van der Waals surface area contributed by atoms with Crippen molar-refractivity contribution in [2.24, 2.45) is 0 Å². The van der Waals surface area contributed by atoms with E-state index in [2.05, 4.69) is 4.90 Å². The number of methoxy groups -OCH3 is 1. The van der Waals surface area contributed by atoms with Crippen molar-refractivity contribution in [3.63, 3.8) is 0 Å². The average molecular weight is 350 g/mol. The molecule has 0 fully saturated rings. The molecule has 0 N–H and O–H groups in total. The highest BCUT2D eigenvalue weighted by Gasteiger charge is 2.19. The number of hydrogen-bond acceptors (Lipinski definition) is 3. The van der Waals surface area contributed by atoms with Crippen molar-refractivity contribution in [2.75, 3.05) is 18.6 Å². The van der Waals surface area contributed by atoms with E-state index in [0.29, 0.717) is 15.6 Å². The van der Waals surface area contributed by atoms with E-state index in [9.17, 15) is 4.79 Å². The molecule has 0 spiro atoms. The summed E-state index contributed by atoms with van der Waals surface area (Å²) in [4.78, 5) is 13.8. The number of fused-ring (bicyclic) bond motifs is 1. The topological polar surface area (TPSA) is 29.5 Å². The number of nitrogens with zero attached hydrogens (tertiary/aromatic N) is 1. The summed E-state index contributed by atoms with van der Waals surface area (Å²) in [5, 5.41) is 1.19. The molecule has 1 heterocycles. The van der Waals surface area contributed by atoms with Crippen LogP contribution in [0.3, 0.4) is 0 Å². The first kappa shape index (κ1) is 16.2. The van der Waals surface area contributed by atoms with Gasteiger partial charge in [-0.25, -0.2) is 4.79 Å². The van der Waals surface area contributed by atoms with Gasteiger partial charge in [0.2, 0.25) is 0 Å². The first-order valence-corrected chi connectivity index (χ1v) is 8.24. The zero-order chi connectivity index (χ0) is 16.4. The van der Waals surface area contributed by atoms with E-state index in [-0.39, 0.29) is 5.97 Å². The molecule has 1 aliphatic rings. The van der Waals surface area contributed by atoms with Crippen LogP contribution in [0, 0.1) is 0 Å². The lowest BCUT2D eigenvalue weighted by atomic mass is 10.0. The van der Waals surface area contributed by atoms with Gasteiger partial charge in [0.1, 0.15) is 0 Å². The lowest BCUT2D eigenvalue weighted by molar-refractivity contribution is 0.0600. The monoisotopic (exact) mass is 349 g/mol. The molecular weight excluding hydrogens is 333 g/mol. The molecular formula is C18H17Cl2NO2. The number of ether oxygens (including phenoxy) is 1. The van der Waals surface area contributed by atoms with Crippen molar-refractivity contribution in [3.05, 3.63) is 63.1 Å². The Kier molecular flexibility index (Phi) is 4.79. The van der Waals surface area contributed by atoms with Crippen molar-refractivity contribution in [1.29, 1.82) is 0 Å². The number of aryl methyl sites for hydroxylation is 1. The van der Waals surface area contributed by atoms with Crippen LogP contribution in [0.1, 0.15) is 27.9 Å². The maximum Gasteiger partial charge on any atom is 0.337 e. The van der Waals surface area contributed by atoms with Crippen LogP contribution in [0.15, 0.2) is 36.4 Å². The molecule has 0 saturated heterocycles. The first-order valence-electron chi connectivity index (χ1n) is 7.48. The number of halogens is 2. The fourth-order valence-electron chi connectivity index (χ4n) is 2.90. The highest BCUT2D eigenvalue weighted by Crippen LogP contribution is 2.35. The molecule has 3 rings (SSSR count). The smallest absolute Gasteiger partial charge is 0.337 e. The van der Waals surface area contributed by atoms with Gasteiger partial charge in [-0.2, -0.15) is 0 Å². The number of carbonyl (C=O) groups excluding carboxylic acids is 1. The number of rotatable bonds is 3. The quantitative estimate of drug-likeness (QED) is 0.750. The highest BCUT2D eigenvalue weighted by atomic mass is 35.5. The van der Waals surface area contributed by atoms with Crippen LogP contribution in [0.4, 0.5) is 5.69 Å². The Morgan fingerprint density at radius 3 is 2.57 bits per heavy atom. The number of hydrogen-bond donors (Lipinski definition) is 0. The third-order valence-corrected chi connectivity index (χ3v) is 4.81. The van der Waals surface area contributed by atoms with Gasteiger partial charge in [-0.3, -0.25) is 0 Å². The van der Waals surface area contributed by atoms with Crippen LogP contribution in [0.5, 0.6) is 0 Å². The van der Waals surface area contributed by atoms with E-state index in [1.807, 2.05) is 24.3 Å². The van der Waals surface area contributed by atoms with Crippen molar-refractivity contribution in [1.82, 2.24) is 0 Å². The van der Waals surface area contributed by atoms with E-state index in [1.165, 1.54) is 12.7 Å². The molecule has 2 aromatic carbocycles. The Bertz CT molecular complexity index is 729. The van der Waals surface area contributed by atoms with Crippen molar-refractivity contribution < 1.29 is 9.53 Å². The largest absolute Gasteiger partial charge is 0.465 e. The molecule has 1 aliphatic heterocycles. The van der Waals surface area contributed by atoms with E-state index in [0.717, 1.165) is 37.2 Å². The minimum Gasteiger partial charge on any atom is -0.465 e. The standard InChI is InChI=1S/C18H17Cl2NO2/c1-23-18(22)13-6-4-12(5-7-13)11-21-8-2-3-14-9-15(19)16(20)10-17(14)21/h4-7,9-10H,2-3,8,11H2,1H3. The Labute approximate surface area is 145 Å². The lowest BCUT2D eigenvalue weighted by Crippen LogP contribution is -2.28. The minimum absolute atomic E-state index is 0.318. The fourth-order valence-corrected chi connectivity index (χ4v) is 3.25. The molecule has 0 amide bonds. The van der Waals surface area contributed by atoms with E-state index < -0.39 is 0 Å². The molecule has 0 atom stereocenters. The van der Waals surface area contributed by atoms with Gasteiger partial charge in [0.15, 0.2) is 0 Å². The van der Waals surface area contributed by atoms with E-state index >= 15 is 0 Å². The molecule has 120 valence electrons. The Hall–Kier alpha value is -1.71. The third kappa shape index (κ3) is 3.46. The first-order chi connectivity index (χ1) is 11.1. The summed E-state index contributed by atoms with van der Waals surface area (Å²) in [6.45, 7) is 1.75. The summed E-state index contributed by atoms with van der Waals surface area (Å²) in [6, 6.07) is 11.4. The second-order valence-corrected chi connectivity index (χ2v) is 6.42. The highest BCUT2D eigenvalue weighted by molar-refractivity contribution is 6.42. The van der Waals surface area contributed by atoms with Gasteiger partial charge in [0.25, 0.3) is 0 Å². The zero-order valence-corrected chi connectivity index (χ0v) is 14.3. The number of esters is 1. The average Bonchev–Trinajstić information content (AvgIpc) is 2.56. The van der Waals surface area contributed by atoms with Crippen LogP contribution < -0.4 is 4.90 Å². The molecule has 5 heteroatoms. The van der Waals surface area contributed by atoms with Crippen molar-refractivity contribution in [3.8, 4) is 0 Å². The number of benzene rings is 2. The van der Waals surface area contributed by atoms with Gasteiger partial charge in [0.05, 0.1) is 22.7 Å². The van der Waals surface area contributed by atoms with Crippen LogP contribution in [0.25, 0.3) is 0 Å². The summed E-state index contributed by atoms with van der Waals surface area (Å²) >= 11 is 12.3. The van der Waals surface area contributed by atoms with Gasteiger partial charge in [-0.05, 0) is 48.2 Å². The van der Waals surface area contributed by atoms with Gasteiger partial charge in [-0.1, -0.05) is 35.3 Å². The fraction of sp³-hybridized carbons (Fsp3) is 0.278. The van der Waals surface area contributed by atoms with E-state index in [1.54, 1.807) is 12.1 Å². The zero-order valence-electron chi connectivity index (χ0n) is 12.8. The maximum atomic E-state index is 11.5. The van der Waals surface area contributed by atoms with Crippen LogP contribution in [0.2, 0.25) is 10.0 Å². The predicted molar refractivity (Wildman–Crippen MR) is 93.6 cm³/mol. The molecule has 0 radical (unpaired) electrons. The Morgan fingerprint density at radius 1 is 1.17 bits per heavy atom. The Morgan fingerprint density at radius 2 is 1.87 bits per heavy atom. The second-order valence-electron chi connectivity index (χ2n) is 5.61. The van der Waals surface area contributed by atoms with Crippen molar-refractivity contribution in [2.45, 2.75) is 19.4 Å². The summed E-state index contributed by atoms with van der Waals surface area (Å²) < 4.78 is 4.72. The van der Waals surface area contributed by atoms with Gasteiger partial charge < -0.3 is 9.64 Å². The molecule has 23 heavy (non-hydrogen) atoms. The number of anilines is 1.